The van der Waals surface area contributed by atoms with Gasteiger partial charge in [-0.1, -0.05) is 36.5 Å². The molecule has 1 saturated heterocycles. The first-order valence-electron chi connectivity index (χ1n) is 8.76. The van der Waals surface area contributed by atoms with Crippen LogP contribution in [-0.2, 0) is 20.8 Å². The molecule has 26 heavy (non-hydrogen) atoms. The molecule has 0 saturated carbocycles. The molecule has 0 spiro atoms. The summed E-state index contributed by atoms with van der Waals surface area (Å²) >= 11 is 1.39. The number of likely N-dealkylation sites (tertiary alicyclic amines) is 1. The van der Waals surface area contributed by atoms with E-state index in [-0.39, 0.29) is 30.2 Å². The number of carbonyl (C=O) groups is 3. The summed E-state index contributed by atoms with van der Waals surface area (Å²) in [7, 11) is 0. The number of hydrogen-bond donors (Lipinski definition) is 1. The van der Waals surface area contributed by atoms with Gasteiger partial charge in [0.1, 0.15) is 6.54 Å². The molecule has 1 aliphatic heterocycles. The first-order chi connectivity index (χ1) is 12.6. The molecule has 1 aromatic carbocycles. The molecule has 2 atom stereocenters. The van der Waals surface area contributed by atoms with Crippen LogP contribution in [0.3, 0.4) is 0 Å². The van der Waals surface area contributed by atoms with Gasteiger partial charge in [-0.15, -0.1) is 0 Å². The number of hydrogen-bond acceptors (Lipinski definition) is 5. The smallest absolute Gasteiger partial charge is 0.246 e. The van der Waals surface area contributed by atoms with E-state index >= 15 is 0 Å². The molecule has 6 nitrogen and oxygen atoms in total. The largest absolute Gasteiger partial charge is 0.300 e. The van der Waals surface area contributed by atoms with Crippen molar-refractivity contribution in [3.8, 4) is 0 Å². The lowest BCUT2D eigenvalue weighted by molar-refractivity contribution is -0.142. The van der Waals surface area contributed by atoms with E-state index in [2.05, 4.69) is 23.3 Å². The van der Waals surface area contributed by atoms with E-state index in [9.17, 15) is 14.4 Å². The van der Waals surface area contributed by atoms with Crippen LogP contribution in [0.15, 0.2) is 30.4 Å². The highest BCUT2D eigenvalue weighted by Crippen LogP contribution is 2.35. The third-order valence-corrected chi connectivity index (χ3v) is 5.94. The SMILES string of the molecule is CCc1ccc2nc(NC(=O)CN3C(=O)[C@H]4CC=CC[C@@H]4C3=O)sc2c1. The van der Waals surface area contributed by atoms with Gasteiger partial charge in [0, 0.05) is 0 Å². The Labute approximate surface area is 154 Å². The Morgan fingerprint density at radius 3 is 2.58 bits per heavy atom. The maximum absolute atomic E-state index is 12.4. The standard InChI is InChI=1S/C19H19N3O3S/c1-2-11-7-8-14-15(9-11)26-19(20-14)21-16(23)10-22-17(24)12-5-3-4-6-13(12)18(22)25/h3-4,7-9,12-13H,2,5-6,10H2,1H3,(H,20,21,23)/t12-,13-/m0/s1. The second-order valence-electron chi connectivity index (χ2n) is 6.64. The highest BCUT2D eigenvalue weighted by Gasteiger charge is 2.47. The average Bonchev–Trinajstić information content (AvgIpc) is 3.15. The van der Waals surface area contributed by atoms with Crippen molar-refractivity contribution in [1.82, 2.24) is 9.88 Å². The molecule has 3 amide bonds. The minimum absolute atomic E-state index is 0.239. The van der Waals surface area contributed by atoms with Crippen LogP contribution >= 0.6 is 11.3 Å². The zero-order valence-electron chi connectivity index (χ0n) is 14.4. The molecule has 2 aromatic rings. The van der Waals surface area contributed by atoms with E-state index in [1.54, 1.807) is 0 Å². The Balaban J connectivity index is 1.46. The minimum atomic E-state index is -0.395. The van der Waals surface area contributed by atoms with Crippen molar-refractivity contribution >= 4 is 44.4 Å². The maximum atomic E-state index is 12.4. The fourth-order valence-electron chi connectivity index (χ4n) is 3.57. The third-order valence-electron chi connectivity index (χ3n) is 5.01. The summed E-state index contributed by atoms with van der Waals surface area (Å²) in [6.07, 6.45) is 5.95. The molecular formula is C19H19N3O3S. The fourth-order valence-corrected chi connectivity index (χ4v) is 4.52. The summed E-state index contributed by atoms with van der Waals surface area (Å²) in [6, 6.07) is 6.02. The molecule has 7 heteroatoms. The van der Waals surface area contributed by atoms with Crippen molar-refractivity contribution in [2.24, 2.45) is 11.8 Å². The molecule has 0 unspecified atom stereocenters. The predicted octanol–water partition coefficient (Wildman–Crippen LogP) is 2.75. The van der Waals surface area contributed by atoms with Crippen molar-refractivity contribution in [3.05, 3.63) is 35.9 Å². The second kappa shape index (κ2) is 6.64. The van der Waals surface area contributed by atoms with Crippen LogP contribution in [0.1, 0.15) is 25.3 Å². The monoisotopic (exact) mass is 369 g/mol. The lowest BCUT2D eigenvalue weighted by Crippen LogP contribution is -2.38. The number of benzene rings is 1. The number of nitrogens with one attached hydrogen (secondary N) is 1. The van der Waals surface area contributed by atoms with Gasteiger partial charge in [0.25, 0.3) is 0 Å². The quantitative estimate of drug-likeness (QED) is 0.664. The van der Waals surface area contributed by atoms with Crippen molar-refractivity contribution in [3.63, 3.8) is 0 Å². The number of aryl methyl sites for hydroxylation is 1. The predicted molar refractivity (Wildman–Crippen MR) is 99.7 cm³/mol. The molecule has 1 N–H and O–H groups in total. The molecule has 4 rings (SSSR count). The van der Waals surface area contributed by atoms with Gasteiger partial charge in [0.05, 0.1) is 22.1 Å². The zero-order valence-corrected chi connectivity index (χ0v) is 15.2. The number of anilines is 1. The summed E-state index contributed by atoms with van der Waals surface area (Å²) in [5, 5.41) is 3.21. The number of amides is 3. The van der Waals surface area contributed by atoms with Crippen molar-refractivity contribution in [2.45, 2.75) is 26.2 Å². The van der Waals surface area contributed by atoms with E-state index in [0.717, 1.165) is 21.5 Å². The Morgan fingerprint density at radius 2 is 1.92 bits per heavy atom. The summed E-state index contributed by atoms with van der Waals surface area (Å²) in [5.41, 5.74) is 2.04. The van der Waals surface area contributed by atoms with Gasteiger partial charge in [-0.2, -0.15) is 0 Å². The van der Waals surface area contributed by atoms with Crippen LogP contribution < -0.4 is 5.32 Å². The van der Waals surface area contributed by atoms with E-state index in [1.165, 1.54) is 16.9 Å². The van der Waals surface area contributed by atoms with Crippen molar-refractivity contribution < 1.29 is 14.4 Å². The zero-order chi connectivity index (χ0) is 18.3. The minimum Gasteiger partial charge on any atom is -0.300 e. The topological polar surface area (TPSA) is 79.4 Å². The van der Waals surface area contributed by atoms with Crippen LogP contribution in [0.25, 0.3) is 10.2 Å². The lowest BCUT2D eigenvalue weighted by Gasteiger charge is -2.14. The molecule has 0 bridgehead atoms. The Kier molecular flexibility index (Phi) is 4.32. The first-order valence-corrected chi connectivity index (χ1v) is 9.58. The number of allylic oxidation sites excluding steroid dienone is 2. The Morgan fingerprint density at radius 1 is 1.23 bits per heavy atom. The second-order valence-corrected chi connectivity index (χ2v) is 7.67. The number of nitrogens with zero attached hydrogens (tertiary/aromatic N) is 2. The van der Waals surface area contributed by atoms with Crippen LogP contribution in [0.4, 0.5) is 5.13 Å². The van der Waals surface area contributed by atoms with Gasteiger partial charge in [-0.25, -0.2) is 4.98 Å². The number of thiazole rings is 1. The number of imide groups is 1. The summed E-state index contributed by atoms with van der Waals surface area (Å²) < 4.78 is 1.00. The van der Waals surface area contributed by atoms with Crippen molar-refractivity contribution in [2.75, 3.05) is 11.9 Å². The third kappa shape index (κ3) is 2.92. The molecular weight excluding hydrogens is 350 g/mol. The molecule has 1 aliphatic carbocycles. The summed E-state index contributed by atoms with van der Waals surface area (Å²) in [5.74, 6) is -1.49. The van der Waals surface area contributed by atoms with E-state index in [1.807, 2.05) is 24.3 Å². The number of aromatic nitrogens is 1. The summed E-state index contributed by atoms with van der Waals surface area (Å²) in [6.45, 7) is 1.84. The highest BCUT2D eigenvalue weighted by atomic mass is 32.1. The molecule has 1 fully saturated rings. The first kappa shape index (κ1) is 16.9. The van der Waals surface area contributed by atoms with Crippen molar-refractivity contribution in [1.29, 1.82) is 0 Å². The molecule has 0 radical (unpaired) electrons. The highest BCUT2D eigenvalue weighted by molar-refractivity contribution is 7.22. The summed E-state index contributed by atoms with van der Waals surface area (Å²) in [4.78, 5) is 42.7. The van der Waals surface area contributed by atoms with Gasteiger partial charge in [-0.3, -0.25) is 19.3 Å². The molecule has 2 heterocycles. The van der Waals surface area contributed by atoms with Crippen LogP contribution in [-0.4, -0.2) is 34.2 Å². The lowest BCUT2D eigenvalue weighted by atomic mass is 9.85. The number of rotatable bonds is 4. The van der Waals surface area contributed by atoms with Gasteiger partial charge < -0.3 is 5.32 Å². The number of carbonyl (C=O) groups excluding carboxylic acids is 3. The van der Waals surface area contributed by atoms with Gasteiger partial charge >= 0.3 is 0 Å². The van der Waals surface area contributed by atoms with Crippen LogP contribution in [0.5, 0.6) is 0 Å². The molecule has 2 aliphatic rings. The fraction of sp³-hybridized carbons (Fsp3) is 0.368. The van der Waals surface area contributed by atoms with Gasteiger partial charge in [0.2, 0.25) is 17.7 Å². The Hall–Kier alpha value is -2.54. The van der Waals surface area contributed by atoms with Crippen LogP contribution in [0, 0.1) is 11.8 Å². The van der Waals surface area contributed by atoms with Gasteiger partial charge in [0.15, 0.2) is 5.13 Å². The normalized spacial score (nSPS) is 22.1. The van der Waals surface area contributed by atoms with E-state index < -0.39 is 5.91 Å². The van der Waals surface area contributed by atoms with E-state index in [0.29, 0.717) is 18.0 Å². The Bertz CT molecular complexity index is 907. The number of fused-ring (bicyclic) bond motifs is 2. The average molecular weight is 369 g/mol. The maximum Gasteiger partial charge on any atom is 0.246 e. The van der Waals surface area contributed by atoms with Crippen LogP contribution in [0.2, 0.25) is 0 Å². The van der Waals surface area contributed by atoms with Gasteiger partial charge in [-0.05, 0) is 37.0 Å². The molecule has 1 aromatic heterocycles. The molecule has 134 valence electrons. The van der Waals surface area contributed by atoms with E-state index in [4.69, 9.17) is 0 Å².